The van der Waals surface area contributed by atoms with Gasteiger partial charge in [0.05, 0.1) is 0 Å². The Bertz CT molecular complexity index is 343. The van der Waals surface area contributed by atoms with Crippen LogP contribution in [0.1, 0.15) is 5.56 Å². The van der Waals surface area contributed by atoms with Crippen LogP contribution in [0.3, 0.4) is 0 Å². The van der Waals surface area contributed by atoms with E-state index >= 15 is 0 Å². The molecule has 1 N–H and O–H groups in total. The molecule has 2 rings (SSSR count). The molecule has 3 heteroatoms. The highest BCUT2D eigenvalue weighted by Crippen LogP contribution is 2.27. The van der Waals surface area contributed by atoms with E-state index in [1.165, 1.54) is 5.69 Å². The van der Waals surface area contributed by atoms with Gasteiger partial charge in [0.15, 0.2) is 0 Å². The van der Waals surface area contributed by atoms with Crippen LogP contribution in [0.4, 0.5) is 5.69 Å². The number of likely N-dealkylation sites (N-methyl/N-ethyl adjacent to an activating group) is 1. The summed E-state index contributed by atoms with van der Waals surface area (Å²) < 4.78 is 0. The summed E-state index contributed by atoms with van der Waals surface area (Å²) in [7, 11) is 2.15. The number of hydrogen-bond acceptors (Lipinski definition) is 3. The summed E-state index contributed by atoms with van der Waals surface area (Å²) in [6, 6.07) is 5.74. The lowest BCUT2D eigenvalue weighted by molar-refractivity contribution is 0.312. The lowest BCUT2D eigenvalue weighted by Crippen LogP contribution is -2.44. The standard InChI is InChI=1S/C12H18N2O/c1-10-11(4-3-5-12(10)15)14-8-6-13(2)7-9-14/h3-5,15H,6-9H2,1-2H3. The normalized spacial score (nSPS) is 18.1. The van der Waals surface area contributed by atoms with E-state index in [0.717, 1.165) is 31.7 Å². The van der Waals surface area contributed by atoms with Gasteiger partial charge in [-0.3, -0.25) is 0 Å². The summed E-state index contributed by atoms with van der Waals surface area (Å²) in [5.74, 6) is 0.395. The molecule has 0 spiro atoms. The maximum Gasteiger partial charge on any atom is 0.120 e. The number of piperazine rings is 1. The van der Waals surface area contributed by atoms with Crippen molar-refractivity contribution in [3.8, 4) is 5.75 Å². The molecule has 1 aliphatic heterocycles. The molecule has 1 aromatic rings. The Labute approximate surface area is 90.9 Å². The van der Waals surface area contributed by atoms with E-state index in [1.54, 1.807) is 6.07 Å². The van der Waals surface area contributed by atoms with Crippen molar-refractivity contribution in [2.75, 3.05) is 38.1 Å². The van der Waals surface area contributed by atoms with Crippen molar-refractivity contribution in [1.29, 1.82) is 0 Å². The molecule has 15 heavy (non-hydrogen) atoms. The number of phenols is 1. The van der Waals surface area contributed by atoms with Crippen LogP contribution in [0.5, 0.6) is 5.75 Å². The van der Waals surface area contributed by atoms with Crippen LogP contribution in [0.25, 0.3) is 0 Å². The third-order valence-corrected chi connectivity index (χ3v) is 3.12. The third kappa shape index (κ3) is 2.07. The van der Waals surface area contributed by atoms with E-state index < -0.39 is 0 Å². The number of nitrogens with zero attached hydrogens (tertiary/aromatic N) is 2. The fourth-order valence-electron chi connectivity index (χ4n) is 2.00. The smallest absolute Gasteiger partial charge is 0.120 e. The van der Waals surface area contributed by atoms with E-state index in [9.17, 15) is 5.11 Å². The topological polar surface area (TPSA) is 26.7 Å². The van der Waals surface area contributed by atoms with Crippen LogP contribution in [0.2, 0.25) is 0 Å². The molecule has 3 nitrogen and oxygen atoms in total. The highest BCUT2D eigenvalue weighted by atomic mass is 16.3. The number of hydrogen-bond donors (Lipinski definition) is 1. The van der Waals surface area contributed by atoms with Crippen LogP contribution in [-0.4, -0.2) is 43.2 Å². The first-order valence-electron chi connectivity index (χ1n) is 5.40. The van der Waals surface area contributed by atoms with Crippen molar-refractivity contribution in [3.05, 3.63) is 23.8 Å². The summed E-state index contributed by atoms with van der Waals surface area (Å²) in [6.07, 6.45) is 0. The second-order valence-corrected chi connectivity index (χ2v) is 4.21. The minimum Gasteiger partial charge on any atom is -0.508 e. The lowest BCUT2D eigenvalue weighted by atomic mass is 10.1. The molecule has 1 saturated heterocycles. The lowest BCUT2D eigenvalue weighted by Gasteiger charge is -2.35. The van der Waals surface area contributed by atoms with Gasteiger partial charge in [-0.2, -0.15) is 0 Å². The maximum absolute atomic E-state index is 9.65. The molecule has 1 aromatic carbocycles. The van der Waals surface area contributed by atoms with Gasteiger partial charge in [-0.25, -0.2) is 0 Å². The minimum atomic E-state index is 0.395. The first-order chi connectivity index (χ1) is 7.18. The van der Waals surface area contributed by atoms with Crippen molar-refractivity contribution >= 4 is 5.69 Å². The van der Waals surface area contributed by atoms with Crippen LogP contribution in [0, 0.1) is 6.92 Å². The minimum absolute atomic E-state index is 0.395. The molecule has 82 valence electrons. The van der Waals surface area contributed by atoms with Crippen LogP contribution >= 0.6 is 0 Å². The molecule has 0 saturated carbocycles. The van der Waals surface area contributed by atoms with E-state index in [2.05, 4.69) is 22.9 Å². The maximum atomic E-state index is 9.65. The quantitative estimate of drug-likeness (QED) is 0.753. The van der Waals surface area contributed by atoms with Crippen molar-refractivity contribution in [1.82, 2.24) is 4.90 Å². The van der Waals surface area contributed by atoms with Crippen molar-refractivity contribution in [2.24, 2.45) is 0 Å². The SMILES string of the molecule is Cc1c(O)cccc1N1CCN(C)CC1. The number of rotatable bonds is 1. The van der Waals surface area contributed by atoms with Gasteiger partial charge in [0, 0.05) is 37.4 Å². The van der Waals surface area contributed by atoms with Crippen LogP contribution in [-0.2, 0) is 0 Å². The molecular weight excluding hydrogens is 188 g/mol. The molecule has 0 radical (unpaired) electrons. The van der Waals surface area contributed by atoms with Crippen LogP contribution in [0.15, 0.2) is 18.2 Å². The van der Waals surface area contributed by atoms with Gasteiger partial charge in [0.25, 0.3) is 0 Å². The predicted molar refractivity (Wildman–Crippen MR) is 62.6 cm³/mol. The fraction of sp³-hybridized carbons (Fsp3) is 0.500. The highest BCUT2D eigenvalue weighted by molar-refractivity contribution is 5.58. The monoisotopic (exact) mass is 206 g/mol. The summed E-state index contributed by atoms with van der Waals surface area (Å²) in [5, 5.41) is 9.65. The van der Waals surface area contributed by atoms with Gasteiger partial charge in [-0.15, -0.1) is 0 Å². The van der Waals surface area contributed by atoms with Gasteiger partial charge >= 0.3 is 0 Å². The first kappa shape index (κ1) is 10.3. The number of benzene rings is 1. The molecule has 0 unspecified atom stereocenters. The summed E-state index contributed by atoms with van der Waals surface area (Å²) >= 11 is 0. The van der Waals surface area contributed by atoms with Gasteiger partial charge in [0.2, 0.25) is 0 Å². The Morgan fingerprint density at radius 2 is 1.80 bits per heavy atom. The summed E-state index contributed by atoms with van der Waals surface area (Å²) in [4.78, 5) is 4.67. The number of phenolic OH excluding ortho intramolecular Hbond substituents is 1. The zero-order chi connectivity index (χ0) is 10.8. The largest absolute Gasteiger partial charge is 0.508 e. The van der Waals surface area contributed by atoms with E-state index in [0.29, 0.717) is 5.75 Å². The van der Waals surface area contributed by atoms with Crippen molar-refractivity contribution < 1.29 is 5.11 Å². The molecule has 0 bridgehead atoms. The Morgan fingerprint density at radius 1 is 1.13 bits per heavy atom. The highest BCUT2D eigenvalue weighted by Gasteiger charge is 2.16. The zero-order valence-electron chi connectivity index (χ0n) is 9.40. The van der Waals surface area contributed by atoms with Gasteiger partial charge in [-0.1, -0.05) is 6.07 Å². The van der Waals surface area contributed by atoms with E-state index in [1.807, 2.05) is 13.0 Å². The Kier molecular flexibility index (Phi) is 2.82. The zero-order valence-corrected chi connectivity index (χ0v) is 9.40. The van der Waals surface area contributed by atoms with Crippen LogP contribution < -0.4 is 4.90 Å². The average Bonchev–Trinajstić information content (AvgIpc) is 2.24. The Morgan fingerprint density at radius 3 is 2.47 bits per heavy atom. The molecule has 0 amide bonds. The summed E-state index contributed by atoms with van der Waals surface area (Å²) in [6.45, 7) is 6.24. The molecular formula is C12H18N2O. The molecule has 1 fully saturated rings. The second kappa shape index (κ2) is 4.11. The number of aromatic hydroxyl groups is 1. The first-order valence-corrected chi connectivity index (χ1v) is 5.40. The number of anilines is 1. The predicted octanol–water partition coefficient (Wildman–Crippen LogP) is 1.45. The van der Waals surface area contributed by atoms with Crippen molar-refractivity contribution in [2.45, 2.75) is 6.92 Å². The van der Waals surface area contributed by atoms with E-state index in [4.69, 9.17) is 0 Å². The molecule has 1 heterocycles. The molecule has 0 aliphatic carbocycles. The molecule has 0 aromatic heterocycles. The van der Waals surface area contributed by atoms with Gasteiger partial charge < -0.3 is 14.9 Å². The second-order valence-electron chi connectivity index (χ2n) is 4.21. The van der Waals surface area contributed by atoms with E-state index in [-0.39, 0.29) is 0 Å². The van der Waals surface area contributed by atoms with Gasteiger partial charge in [0.1, 0.15) is 5.75 Å². The molecule has 1 aliphatic rings. The third-order valence-electron chi connectivity index (χ3n) is 3.12. The molecule has 0 atom stereocenters. The Hall–Kier alpha value is -1.22. The average molecular weight is 206 g/mol. The summed E-state index contributed by atoms with van der Waals surface area (Å²) in [5.41, 5.74) is 2.16. The van der Waals surface area contributed by atoms with Crippen molar-refractivity contribution in [3.63, 3.8) is 0 Å². The van der Waals surface area contributed by atoms with Gasteiger partial charge in [-0.05, 0) is 26.1 Å². The fourth-order valence-corrected chi connectivity index (χ4v) is 2.00. The Balaban J connectivity index is 2.19.